The first-order chi connectivity index (χ1) is 9.94. The van der Waals surface area contributed by atoms with E-state index in [2.05, 4.69) is 10.3 Å². The summed E-state index contributed by atoms with van der Waals surface area (Å²) in [6.45, 7) is 0. The van der Waals surface area contributed by atoms with Crippen molar-refractivity contribution in [2.45, 2.75) is 18.6 Å². The van der Waals surface area contributed by atoms with Crippen LogP contribution in [0.5, 0.6) is 5.75 Å². The van der Waals surface area contributed by atoms with Gasteiger partial charge in [0.05, 0.1) is 7.11 Å². The summed E-state index contributed by atoms with van der Waals surface area (Å²) in [5.41, 5.74) is 1.01. The van der Waals surface area contributed by atoms with E-state index in [-0.39, 0.29) is 6.04 Å². The van der Waals surface area contributed by atoms with Crippen LogP contribution in [0.3, 0.4) is 0 Å². The third kappa shape index (κ3) is 3.95. The van der Waals surface area contributed by atoms with Gasteiger partial charge < -0.3 is 10.1 Å². The molecule has 1 aromatic carbocycles. The Labute approximate surface area is 124 Å². The van der Waals surface area contributed by atoms with Crippen molar-refractivity contribution < 1.29 is 17.9 Å². The number of thiazole rings is 1. The van der Waals surface area contributed by atoms with E-state index in [4.69, 9.17) is 4.74 Å². The summed E-state index contributed by atoms with van der Waals surface area (Å²) in [6, 6.07) is 7.25. The number of rotatable bonds is 5. The molecular formula is C14H15F3N2OS. The van der Waals surface area contributed by atoms with Crippen molar-refractivity contribution >= 4 is 11.3 Å². The van der Waals surface area contributed by atoms with Gasteiger partial charge in [0.15, 0.2) is 5.01 Å². The third-order valence-electron chi connectivity index (χ3n) is 3.06. The molecule has 0 amide bonds. The third-order valence-corrected chi connectivity index (χ3v) is 4.21. The fourth-order valence-corrected chi connectivity index (χ4v) is 2.81. The van der Waals surface area contributed by atoms with Crippen LogP contribution in [0, 0.1) is 0 Å². The molecule has 114 valence electrons. The number of aromatic nitrogens is 1. The molecule has 0 aliphatic heterocycles. The number of nitrogens with one attached hydrogen (secondary N) is 1. The first-order valence-electron chi connectivity index (χ1n) is 6.27. The Morgan fingerprint density at radius 1 is 1.29 bits per heavy atom. The van der Waals surface area contributed by atoms with Crippen LogP contribution in [0.1, 0.15) is 21.5 Å². The topological polar surface area (TPSA) is 34.1 Å². The molecule has 0 radical (unpaired) electrons. The molecule has 1 N–H and O–H groups in total. The van der Waals surface area contributed by atoms with Gasteiger partial charge in [0.25, 0.3) is 0 Å². The second-order valence-electron chi connectivity index (χ2n) is 4.46. The van der Waals surface area contributed by atoms with E-state index in [9.17, 15) is 13.2 Å². The lowest BCUT2D eigenvalue weighted by Gasteiger charge is -2.14. The zero-order chi connectivity index (χ0) is 15.5. The van der Waals surface area contributed by atoms with Gasteiger partial charge in [-0.05, 0) is 31.2 Å². The molecule has 21 heavy (non-hydrogen) atoms. The van der Waals surface area contributed by atoms with Crippen molar-refractivity contribution in [3.63, 3.8) is 0 Å². The average molecular weight is 316 g/mol. The standard InChI is InChI=1S/C14H15F3N2OS/c1-18-11(7-9-3-5-10(20-2)6-4-9)12-8-19-13(21-12)14(15,16)17/h3-6,8,11,18H,7H2,1-2H3. The molecule has 1 aromatic heterocycles. The van der Waals surface area contributed by atoms with Crippen LogP contribution in [0.2, 0.25) is 0 Å². The van der Waals surface area contributed by atoms with Crippen LogP contribution < -0.4 is 10.1 Å². The highest BCUT2D eigenvalue weighted by molar-refractivity contribution is 7.11. The molecule has 1 atom stereocenters. The Kier molecular flexibility index (Phi) is 4.84. The van der Waals surface area contributed by atoms with Gasteiger partial charge in [0.1, 0.15) is 5.75 Å². The molecule has 2 rings (SSSR count). The lowest BCUT2D eigenvalue weighted by atomic mass is 10.1. The van der Waals surface area contributed by atoms with Crippen molar-refractivity contribution in [3.8, 4) is 5.75 Å². The highest BCUT2D eigenvalue weighted by atomic mass is 32.1. The molecule has 0 bridgehead atoms. The minimum Gasteiger partial charge on any atom is -0.497 e. The Morgan fingerprint density at radius 2 is 1.95 bits per heavy atom. The molecule has 2 aromatic rings. The molecule has 0 aliphatic rings. The van der Waals surface area contributed by atoms with E-state index < -0.39 is 11.2 Å². The second kappa shape index (κ2) is 6.44. The van der Waals surface area contributed by atoms with Crippen LogP contribution in [0.25, 0.3) is 0 Å². The fraction of sp³-hybridized carbons (Fsp3) is 0.357. The van der Waals surface area contributed by atoms with Gasteiger partial charge in [0, 0.05) is 17.1 Å². The molecular weight excluding hydrogens is 301 g/mol. The maximum Gasteiger partial charge on any atom is 0.443 e. The maximum absolute atomic E-state index is 12.6. The normalized spacial score (nSPS) is 13.2. The van der Waals surface area contributed by atoms with E-state index in [1.807, 2.05) is 24.3 Å². The van der Waals surface area contributed by atoms with Crippen LogP contribution in [-0.4, -0.2) is 19.1 Å². The molecule has 0 aliphatic carbocycles. The first-order valence-corrected chi connectivity index (χ1v) is 7.09. The number of ether oxygens (including phenoxy) is 1. The van der Waals surface area contributed by atoms with Gasteiger partial charge in [-0.3, -0.25) is 0 Å². The number of hydrogen-bond donors (Lipinski definition) is 1. The zero-order valence-electron chi connectivity index (χ0n) is 11.6. The lowest BCUT2D eigenvalue weighted by Crippen LogP contribution is -2.17. The van der Waals surface area contributed by atoms with Gasteiger partial charge in [-0.1, -0.05) is 12.1 Å². The molecule has 0 spiro atoms. The van der Waals surface area contributed by atoms with Crippen LogP contribution in [-0.2, 0) is 12.6 Å². The minimum atomic E-state index is -4.39. The number of benzene rings is 1. The largest absolute Gasteiger partial charge is 0.497 e. The Balaban J connectivity index is 2.13. The molecule has 1 unspecified atom stereocenters. The van der Waals surface area contributed by atoms with Crippen molar-refractivity contribution in [2.24, 2.45) is 0 Å². The smallest absolute Gasteiger partial charge is 0.443 e. The molecule has 0 fully saturated rings. The molecule has 0 saturated carbocycles. The summed E-state index contributed by atoms with van der Waals surface area (Å²) in [4.78, 5) is 4.03. The SMILES string of the molecule is CNC(Cc1ccc(OC)cc1)c1cnc(C(F)(F)F)s1. The lowest BCUT2D eigenvalue weighted by molar-refractivity contribution is -0.137. The van der Waals surface area contributed by atoms with E-state index in [0.29, 0.717) is 22.6 Å². The van der Waals surface area contributed by atoms with Gasteiger partial charge in [-0.15, -0.1) is 11.3 Å². The number of halogens is 3. The predicted molar refractivity (Wildman–Crippen MR) is 75.6 cm³/mol. The fourth-order valence-electron chi connectivity index (χ4n) is 1.92. The molecule has 3 nitrogen and oxygen atoms in total. The van der Waals surface area contributed by atoms with Gasteiger partial charge >= 0.3 is 6.18 Å². The zero-order valence-corrected chi connectivity index (χ0v) is 12.4. The maximum atomic E-state index is 12.6. The number of hydrogen-bond acceptors (Lipinski definition) is 4. The highest BCUT2D eigenvalue weighted by Crippen LogP contribution is 2.35. The summed E-state index contributed by atoms with van der Waals surface area (Å²) >= 11 is 0.676. The van der Waals surface area contributed by atoms with Crippen molar-refractivity contribution in [1.82, 2.24) is 10.3 Å². The Morgan fingerprint density at radius 3 is 2.43 bits per heavy atom. The molecule has 7 heteroatoms. The summed E-state index contributed by atoms with van der Waals surface area (Å²) in [6.07, 6.45) is -2.51. The number of alkyl halides is 3. The van der Waals surface area contributed by atoms with Crippen molar-refractivity contribution in [2.75, 3.05) is 14.2 Å². The summed E-state index contributed by atoms with van der Waals surface area (Å²) in [5.74, 6) is 0.747. The van der Waals surface area contributed by atoms with Gasteiger partial charge in [-0.2, -0.15) is 13.2 Å². The molecule has 0 saturated heterocycles. The monoisotopic (exact) mass is 316 g/mol. The number of nitrogens with zero attached hydrogens (tertiary/aromatic N) is 1. The Hall–Kier alpha value is -1.60. The number of methoxy groups -OCH3 is 1. The van der Waals surface area contributed by atoms with Crippen molar-refractivity contribution in [1.29, 1.82) is 0 Å². The van der Waals surface area contributed by atoms with Crippen molar-refractivity contribution in [3.05, 3.63) is 45.9 Å². The van der Waals surface area contributed by atoms with E-state index in [0.717, 1.165) is 11.3 Å². The van der Waals surface area contributed by atoms with Gasteiger partial charge in [-0.25, -0.2) is 4.98 Å². The van der Waals surface area contributed by atoms with E-state index in [1.54, 1.807) is 14.2 Å². The predicted octanol–water partition coefficient (Wildman–Crippen LogP) is 3.67. The molecule has 1 heterocycles. The average Bonchev–Trinajstić information content (AvgIpc) is 2.95. The summed E-state index contributed by atoms with van der Waals surface area (Å²) in [7, 11) is 3.31. The Bertz CT molecular complexity index is 581. The van der Waals surface area contributed by atoms with E-state index >= 15 is 0 Å². The van der Waals surface area contributed by atoms with Gasteiger partial charge in [0.2, 0.25) is 0 Å². The quantitative estimate of drug-likeness (QED) is 0.914. The van der Waals surface area contributed by atoms with Crippen LogP contribution in [0.4, 0.5) is 13.2 Å². The second-order valence-corrected chi connectivity index (χ2v) is 5.52. The highest BCUT2D eigenvalue weighted by Gasteiger charge is 2.35. The van der Waals surface area contributed by atoms with E-state index in [1.165, 1.54) is 6.20 Å². The summed E-state index contributed by atoms with van der Waals surface area (Å²) < 4.78 is 42.9. The van der Waals surface area contributed by atoms with Crippen LogP contribution in [0.15, 0.2) is 30.5 Å². The first kappa shape index (κ1) is 15.8. The number of likely N-dealkylation sites (N-methyl/N-ethyl adjacent to an activating group) is 1. The minimum absolute atomic E-state index is 0.202. The summed E-state index contributed by atoms with van der Waals surface area (Å²) in [5, 5.41) is 2.22. The van der Waals surface area contributed by atoms with Crippen LogP contribution >= 0.6 is 11.3 Å².